The van der Waals surface area contributed by atoms with Gasteiger partial charge in [0.2, 0.25) is 0 Å². The lowest BCUT2D eigenvalue weighted by Gasteiger charge is -2.33. The Hall–Kier alpha value is -0.610. The predicted octanol–water partition coefficient (Wildman–Crippen LogP) is 3.58. The van der Waals surface area contributed by atoms with Crippen LogP contribution in [0.5, 0.6) is 0 Å². The summed E-state index contributed by atoms with van der Waals surface area (Å²) in [6.07, 6.45) is 5.70. The summed E-state index contributed by atoms with van der Waals surface area (Å²) in [5.74, 6) is 1.94. The normalized spacial score (nSPS) is 19.7. The number of anilines is 1. The van der Waals surface area contributed by atoms with Crippen molar-refractivity contribution in [2.24, 2.45) is 5.92 Å². The van der Waals surface area contributed by atoms with E-state index in [0.29, 0.717) is 0 Å². The van der Waals surface area contributed by atoms with Gasteiger partial charge in [-0.25, -0.2) is 4.98 Å². The van der Waals surface area contributed by atoms with E-state index in [1.54, 1.807) is 0 Å². The molecule has 0 bridgehead atoms. The molecule has 0 aliphatic carbocycles. The average molecular weight is 326 g/mol. The fraction of sp³-hybridized carbons (Fsp3) is 0.667. The Morgan fingerprint density at radius 3 is 3.11 bits per heavy atom. The van der Waals surface area contributed by atoms with Gasteiger partial charge in [-0.2, -0.15) is 0 Å². The maximum atomic E-state index is 4.65. The molecule has 106 valence electrons. The van der Waals surface area contributed by atoms with E-state index in [0.717, 1.165) is 43.0 Å². The number of piperidine rings is 1. The molecule has 0 amide bonds. The maximum absolute atomic E-state index is 4.65. The Kier molecular flexibility index (Phi) is 5.64. The van der Waals surface area contributed by atoms with Gasteiger partial charge in [0, 0.05) is 35.9 Å². The lowest BCUT2D eigenvalue weighted by atomic mass is 10.00. The zero-order valence-corrected chi connectivity index (χ0v) is 13.5. The number of halogens is 1. The molecule has 0 aromatic carbocycles. The second-order valence-corrected chi connectivity index (χ2v) is 6.42. The highest BCUT2D eigenvalue weighted by Crippen LogP contribution is 2.26. The molecule has 1 aromatic rings. The van der Waals surface area contributed by atoms with E-state index < -0.39 is 0 Å². The van der Waals surface area contributed by atoms with Crippen LogP contribution in [0.25, 0.3) is 0 Å². The molecule has 2 rings (SSSR count). The molecule has 1 aromatic heterocycles. The predicted molar refractivity (Wildman–Crippen MR) is 84.5 cm³/mol. The molecule has 1 fully saturated rings. The van der Waals surface area contributed by atoms with Crippen molar-refractivity contribution < 1.29 is 0 Å². The summed E-state index contributed by atoms with van der Waals surface area (Å²) in [4.78, 5) is 7.10. The summed E-state index contributed by atoms with van der Waals surface area (Å²) in [5, 5.41) is 3.48. The first kappa shape index (κ1) is 14.8. The molecule has 1 aliphatic heterocycles. The van der Waals surface area contributed by atoms with Crippen LogP contribution in [0.15, 0.2) is 16.7 Å². The van der Waals surface area contributed by atoms with Crippen LogP contribution in [0.4, 0.5) is 5.82 Å². The zero-order chi connectivity index (χ0) is 13.7. The molecule has 2 heterocycles. The fourth-order valence-electron chi connectivity index (χ4n) is 2.67. The van der Waals surface area contributed by atoms with Crippen molar-refractivity contribution in [2.45, 2.75) is 39.7 Å². The summed E-state index contributed by atoms with van der Waals surface area (Å²) < 4.78 is 1.06. The highest BCUT2D eigenvalue weighted by atomic mass is 79.9. The number of hydrogen-bond donors (Lipinski definition) is 1. The van der Waals surface area contributed by atoms with Gasteiger partial charge >= 0.3 is 0 Å². The number of hydrogen-bond acceptors (Lipinski definition) is 3. The fourth-order valence-corrected chi connectivity index (χ4v) is 3.05. The van der Waals surface area contributed by atoms with E-state index >= 15 is 0 Å². The van der Waals surface area contributed by atoms with Crippen LogP contribution >= 0.6 is 15.9 Å². The SMILES string of the molecule is CCCNCc1cc(Br)cnc1N1CCCC(C)C1. The molecule has 0 spiro atoms. The molecule has 3 nitrogen and oxygen atoms in total. The molecule has 1 aliphatic rings. The Morgan fingerprint density at radius 1 is 1.53 bits per heavy atom. The average Bonchev–Trinajstić information content (AvgIpc) is 2.39. The van der Waals surface area contributed by atoms with E-state index in [4.69, 9.17) is 0 Å². The van der Waals surface area contributed by atoms with Crippen molar-refractivity contribution >= 4 is 21.7 Å². The monoisotopic (exact) mass is 325 g/mol. The van der Waals surface area contributed by atoms with E-state index in [9.17, 15) is 0 Å². The summed E-state index contributed by atoms with van der Waals surface area (Å²) in [7, 11) is 0. The molecule has 4 heteroatoms. The Morgan fingerprint density at radius 2 is 2.37 bits per heavy atom. The van der Waals surface area contributed by atoms with Gasteiger partial charge in [0.1, 0.15) is 5.82 Å². The summed E-state index contributed by atoms with van der Waals surface area (Å²) in [6.45, 7) is 8.76. The highest BCUT2D eigenvalue weighted by molar-refractivity contribution is 9.10. The van der Waals surface area contributed by atoms with Crippen molar-refractivity contribution in [2.75, 3.05) is 24.5 Å². The Balaban J connectivity index is 2.13. The topological polar surface area (TPSA) is 28.2 Å². The molecule has 19 heavy (non-hydrogen) atoms. The van der Waals surface area contributed by atoms with Crippen molar-refractivity contribution in [3.63, 3.8) is 0 Å². The number of nitrogens with one attached hydrogen (secondary N) is 1. The van der Waals surface area contributed by atoms with Crippen LogP contribution in [0.2, 0.25) is 0 Å². The van der Waals surface area contributed by atoms with Gasteiger partial charge in [-0.3, -0.25) is 0 Å². The van der Waals surface area contributed by atoms with Gasteiger partial charge in [0.25, 0.3) is 0 Å². The quantitative estimate of drug-likeness (QED) is 0.839. The first-order chi connectivity index (χ1) is 9.20. The van der Waals surface area contributed by atoms with E-state index in [1.165, 1.54) is 24.2 Å². The molecule has 1 saturated heterocycles. The molecular formula is C15H24BrN3. The number of rotatable bonds is 5. The number of pyridine rings is 1. The molecule has 0 saturated carbocycles. The molecular weight excluding hydrogens is 302 g/mol. The Bertz CT molecular complexity index is 408. The smallest absolute Gasteiger partial charge is 0.133 e. The largest absolute Gasteiger partial charge is 0.356 e. The first-order valence-electron chi connectivity index (χ1n) is 7.30. The zero-order valence-electron chi connectivity index (χ0n) is 12.0. The van der Waals surface area contributed by atoms with Crippen LogP contribution < -0.4 is 10.2 Å². The summed E-state index contributed by atoms with van der Waals surface area (Å²) >= 11 is 3.53. The van der Waals surface area contributed by atoms with Crippen LogP contribution in [-0.4, -0.2) is 24.6 Å². The van der Waals surface area contributed by atoms with Crippen LogP contribution in [0, 0.1) is 5.92 Å². The minimum absolute atomic E-state index is 0.774. The van der Waals surface area contributed by atoms with Crippen LogP contribution in [-0.2, 0) is 6.54 Å². The van der Waals surface area contributed by atoms with Crippen LogP contribution in [0.1, 0.15) is 38.7 Å². The third-order valence-corrected chi connectivity index (χ3v) is 4.04. The second kappa shape index (κ2) is 7.25. The summed E-state index contributed by atoms with van der Waals surface area (Å²) in [6, 6.07) is 2.20. The lowest BCUT2D eigenvalue weighted by molar-refractivity contribution is 0.443. The Labute approximate surface area is 124 Å². The van der Waals surface area contributed by atoms with Gasteiger partial charge in [-0.1, -0.05) is 13.8 Å². The van der Waals surface area contributed by atoms with Crippen molar-refractivity contribution in [1.82, 2.24) is 10.3 Å². The first-order valence-corrected chi connectivity index (χ1v) is 8.10. The van der Waals surface area contributed by atoms with E-state index in [-0.39, 0.29) is 0 Å². The van der Waals surface area contributed by atoms with Crippen LogP contribution in [0.3, 0.4) is 0 Å². The molecule has 1 unspecified atom stereocenters. The van der Waals surface area contributed by atoms with Gasteiger partial charge in [-0.15, -0.1) is 0 Å². The van der Waals surface area contributed by atoms with Gasteiger partial charge in [-0.05, 0) is 53.7 Å². The van der Waals surface area contributed by atoms with Gasteiger partial charge in [0.15, 0.2) is 0 Å². The highest BCUT2D eigenvalue weighted by Gasteiger charge is 2.19. The number of nitrogens with zero attached hydrogens (tertiary/aromatic N) is 2. The third-order valence-electron chi connectivity index (χ3n) is 3.61. The number of aromatic nitrogens is 1. The van der Waals surface area contributed by atoms with Gasteiger partial charge < -0.3 is 10.2 Å². The maximum Gasteiger partial charge on any atom is 0.133 e. The summed E-state index contributed by atoms with van der Waals surface area (Å²) in [5.41, 5.74) is 1.30. The van der Waals surface area contributed by atoms with Crippen molar-refractivity contribution in [3.05, 3.63) is 22.3 Å². The molecule has 1 N–H and O–H groups in total. The standard InChI is InChI=1S/C15H24BrN3/c1-3-6-17-9-13-8-14(16)10-18-15(13)19-7-4-5-12(2)11-19/h8,10,12,17H,3-7,9,11H2,1-2H3. The molecule has 1 atom stereocenters. The van der Waals surface area contributed by atoms with Gasteiger partial charge in [0.05, 0.1) is 0 Å². The lowest BCUT2D eigenvalue weighted by Crippen LogP contribution is -2.35. The third kappa shape index (κ3) is 4.18. The minimum Gasteiger partial charge on any atom is -0.356 e. The van der Waals surface area contributed by atoms with E-state index in [2.05, 4.69) is 51.0 Å². The minimum atomic E-state index is 0.774. The molecule has 0 radical (unpaired) electrons. The van der Waals surface area contributed by atoms with Crippen molar-refractivity contribution in [3.8, 4) is 0 Å². The van der Waals surface area contributed by atoms with Crippen molar-refractivity contribution in [1.29, 1.82) is 0 Å². The second-order valence-electron chi connectivity index (χ2n) is 5.51. The van der Waals surface area contributed by atoms with E-state index in [1.807, 2.05) is 6.20 Å².